The highest BCUT2D eigenvalue weighted by molar-refractivity contribution is 9.10. The van der Waals surface area contributed by atoms with Gasteiger partial charge < -0.3 is 0 Å². The summed E-state index contributed by atoms with van der Waals surface area (Å²) in [7, 11) is 0. The van der Waals surface area contributed by atoms with Crippen LogP contribution in [0.1, 0.15) is 33.6 Å². The van der Waals surface area contributed by atoms with Crippen LogP contribution in [0.25, 0.3) is 0 Å². The van der Waals surface area contributed by atoms with Crippen molar-refractivity contribution in [1.82, 2.24) is 0 Å². The van der Waals surface area contributed by atoms with Crippen molar-refractivity contribution in [2.24, 2.45) is 11.3 Å². The topological polar surface area (TPSA) is 17.1 Å². The first-order valence-electron chi connectivity index (χ1n) is 4.10. The smallest absolute Gasteiger partial charge is 0.146 e. The lowest BCUT2D eigenvalue weighted by Crippen LogP contribution is -2.36. The number of ketones is 1. The van der Waals surface area contributed by atoms with E-state index in [-0.39, 0.29) is 4.83 Å². The molecule has 1 saturated carbocycles. The molecule has 1 rings (SSSR count). The Labute approximate surface area is 76.7 Å². The van der Waals surface area contributed by atoms with Gasteiger partial charge in [0, 0.05) is 6.42 Å². The summed E-state index contributed by atoms with van der Waals surface area (Å²) in [5.74, 6) is 0.903. The van der Waals surface area contributed by atoms with Gasteiger partial charge in [0.2, 0.25) is 0 Å². The SMILES string of the molecule is CC1CC(=O)[C@H](Br)CC1(C)C. The van der Waals surface area contributed by atoms with Gasteiger partial charge in [0.1, 0.15) is 5.78 Å². The molecule has 0 aromatic rings. The van der Waals surface area contributed by atoms with Crippen LogP contribution in [-0.4, -0.2) is 10.6 Å². The Morgan fingerprint density at radius 1 is 1.55 bits per heavy atom. The summed E-state index contributed by atoms with van der Waals surface area (Å²) in [5.41, 5.74) is 0.322. The van der Waals surface area contributed by atoms with Gasteiger partial charge in [-0.1, -0.05) is 36.7 Å². The Kier molecular flexibility index (Phi) is 2.43. The van der Waals surface area contributed by atoms with Crippen LogP contribution in [0.5, 0.6) is 0 Å². The zero-order valence-corrected chi connectivity index (χ0v) is 8.94. The van der Waals surface area contributed by atoms with E-state index >= 15 is 0 Å². The lowest BCUT2D eigenvalue weighted by atomic mass is 9.69. The molecular weight excluding hydrogens is 204 g/mol. The molecule has 64 valence electrons. The van der Waals surface area contributed by atoms with Crippen LogP contribution >= 0.6 is 15.9 Å². The molecule has 2 heteroatoms. The van der Waals surface area contributed by atoms with Gasteiger partial charge in [0.05, 0.1) is 4.83 Å². The first-order valence-corrected chi connectivity index (χ1v) is 5.02. The number of Topliss-reactive ketones (excluding diaryl/α,β-unsaturated/α-hetero) is 1. The molecular formula is C9H15BrO. The molecule has 2 atom stereocenters. The molecule has 0 amide bonds. The molecule has 0 heterocycles. The van der Waals surface area contributed by atoms with Crippen molar-refractivity contribution in [2.75, 3.05) is 0 Å². The molecule has 1 aliphatic carbocycles. The molecule has 1 fully saturated rings. The monoisotopic (exact) mass is 218 g/mol. The van der Waals surface area contributed by atoms with E-state index in [1.165, 1.54) is 0 Å². The van der Waals surface area contributed by atoms with Gasteiger partial charge in [-0.3, -0.25) is 4.79 Å². The van der Waals surface area contributed by atoms with E-state index in [1.54, 1.807) is 0 Å². The van der Waals surface area contributed by atoms with E-state index in [0.29, 0.717) is 17.1 Å². The van der Waals surface area contributed by atoms with Crippen LogP contribution in [0.3, 0.4) is 0 Å². The van der Waals surface area contributed by atoms with Crippen molar-refractivity contribution in [3.8, 4) is 0 Å². The number of alkyl halides is 1. The Morgan fingerprint density at radius 2 is 2.09 bits per heavy atom. The van der Waals surface area contributed by atoms with E-state index in [2.05, 4.69) is 36.7 Å². The first-order chi connectivity index (χ1) is 4.93. The van der Waals surface area contributed by atoms with E-state index < -0.39 is 0 Å². The van der Waals surface area contributed by atoms with Gasteiger partial charge in [-0.2, -0.15) is 0 Å². The van der Waals surface area contributed by atoms with Gasteiger partial charge in [0.25, 0.3) is 0 Å². The highest BCUT2D eigenvalue weighted by atomic mass is 79.9. The third-order valence-electron chi connectivity index (χ3n) is 2.90. The van der Waals surface area contributed by atoms with Crippen molar-refractivity contribution < 1.29 is 4.79 Å². The third kappa shape index (κ3) is 1.84. The fourth-order valence-electron chi connectivity index (χ4n) is 1.48. The molecule has 0 spiro atoms. The predicted molar refractivity (Wildman–Crippen MR) is 49.9 cm³/mol. The zero-order chi connectivity index (χ0) is 8.65. The molecule has 0 radical (unpaired) electrons. The normalized spacial score (nSPS) is 37.3. The quantitative estimate of drug-likeness (QED) is 0.572. The predicted octanol–water partition coefficient (Wildman–Crippen LogP) is 2.78. The summed E-state index contributed by atoms with van der Waals surface area (Å²) in [6, 6.07) is 0. The fraction of sp³-hybridized carbons (Fsp3) is 0.889. The average Bonchev–Trinajstić information content (AvgIpc) is 1.83. The minimum absolute atomic E-state index is 0.105. The molecule has 1 nitrogen and oxygen atoms in total. The third-order valence-corrected chi connectivity index (χ3v) is 3.73. The van der Waals surface area contributed by atoms with E-state index in [1.807, 2.05) is 0 Å². The van der Waals surface area contributed by atoms with Crippen molar-refractivity contribution in [3.63, 3.8) is 0 Å². The lowest BCUT2D eigenvalue weighted by molar-refractivity contribution is -0.123. The molecule has 0 bridgehead atoms. The van der Waals surface area contributed by atoms with E-state index in [4.69, 9.17) is 0 Å². The Bertz CT molecular complexity index is 174. The summed E-state index contributed by atoms with van der Waals surface area (Å²) in [6.45, 7) is 6.63. The minimum atomic E-state index is 0.105. The van der Waals surface area contributed by atoms with Crippen molar-refractivity contribution in [1.29, 1.82) is 0 Å². The maximum Gasteiger partial charge on any atom is 0.146 e. The maximum atomic E-state index is 11.2. The highest BCUT2D eigenvalue weighted by Gasteiger charge is 2.37. The number of carbonyl (C=O) groups is 1. The van der Waals surface area contributed by atoms with Crippen LogP contribution in [-0.2, 0) is 4.79 Å². The van der Waals surface area contributed by atoms with Gasteiger partial charge >= 0.3 is 0 Å². The number of hydrogen-bond acceptors (Lipinski definition) is 1. The van der Waals surface area contributed by atoms with Gasteiger partial charge in [-0.15, -0.1) is 0 Å². The number of hydrogen-bond donors (Lipinski definition) is 0. The van der Waals surface area contributed by atoms with Gasteiger partial charge in [0.15, 0.2) is 0 Å². The van der Waals surface area contributed by atoms with Crippen molar-refractivity contribution >= 4 is 21.7 Å². The first kappa shape index (κ1) is 9.24. The molecule has 1 aliphatic rings. The van der Waals surface area contributed by atoms with E-state index in [9.17, 15) is 4.79 Å². The Hall–Kier alpha value is 0.150. The molecule has 0 saturated heterocycles. The van der Waals surface area contributed by atoms with Crippen LogP contribution in [0.4, 0.5) is 0 Å². The standard InChI is InChI=1S/C9H15BrO/c1-6-4-8(11)7(10)5-9(6,2)3/h6-7H,4-5H2,1-3H3/t6?,7-/m1/s1. The second-order valence-electron chi connectivity index (χ2n) is 4.23. The molecule has 0 aliphatic heterocycles. The molecule has 0 aromatic heterocycles. The summed E-state index contributed by atoms with van der Waals surface area (Å²) in [5, 5.41) is 0. The molecule has 11 heavy (non-hydrogen) atoms. The van der Waals surface area contributed by atoms with Gasteiger partial charge in [-0.05, 0) is 17.8 Å². The largest absolute Gasteiger partial charge is 0.298 e. The van der Waals surface area contributed by atoms with Gasteiger partial charge in [-0.25, -0.2) is 0 Å². The second-order valence-corrected chi connectivity index (χ2v) is 5.34. The summed E-state index contributed by atoms with van der Waals surface area (Å²) < 4.78 is 0. The van der Waals surface area contributed by atoms with Crippen LogP contribution < -0.4 is 0 Å². The maximum absolute atomic E-state index is 11.2. The van der Waals surface area contributed by atoms with Crippen LogP contribution in [0, 0.1) is 11.3 Å². The average molecular weight is 219 g/mol. The molecule has 0 N–H and O–H groups in total. The molecule has 0 aromatic carbocycles. The minimum Gasteiger partial charge on any atom is -0.298 e. The van der Waals surface area contributed by atoms with Crippen LogP contribution in [0.2, 0.25) is 0 Å². The number of carbonyl (C=O) groups excluding carboxylic acids is 1. The fourth-order valence-corrected chi connectivity index (χ4v) is 2.50. The van der Waals surface area contributed by atoms with Crippen LogP contribution in [0.15, 0.2) is 0 Å². The summed E-state index contributed by atoms with van der Waals surface area (Å²) in [4.78, 5) is 11.4. The van der Waals surface area contributed by atoms with Crippen molar-refractivity contribution in [2.45, 2.75) is 38.4 Å². The van der Waals surface area contributed by atoms with Crippen molar-refractivity contribution in [3.05, 3.63) is 0 Å². The summed E-state index contributed by atoms with van der Waals surface area (Å²) >= 11 is 3.41. The second kappa shape index (κ2) is 2.89. The Morgan fingerprint density at radius 3 is 2.55 bits per heavy atom. The summed E-state index contributed by atoms with van der Waals surface area (Å²) in [6.07, 6.45) is 1.72. The Balaban J connectivity index is 2.70. The lowest BCUT2D eigenvalue weighted by Gasteiger charge is -2.37. The zero-order valence-electron chi connectivity index (χ0n) is 7.36. The number of halogens is 1. The highest BCUT2D eigenvalue weighted by Crippen LogP contribution is 2.40. The molecule has 1 unspecified atom stereocenters. The number of rotatable bonds is 0. The van der Waals surface area contributed by atoms with E-state index in [0.717, 1.165) is 12.8 Å².